The van der Waals surface area contributed by atoms with Crippen LogP contribution >= 0.6 is 23.2 Å². The van der Waals surface area contributed by atoms with Crippen LogP contribution in [0.4, 0.5) is 11.4 Å². The average Bonchev–Trinajstić information content (AvgIpc) is 3.28. The molecule has 8 nitrogen and oxygen atoms in total. The van der Waals surface area contributed by atoms with Gasteiger partial charge in [-0.25, -0.2) is 8.42 Å². The average molecular weight is 516 g/mol. The summed E-state index contributed by atoms with van der Waals surface area (Å²) in [4.78, 5) is 12.4. The number of halogens is 2. The second kappa shape index (κ2) is 9.65. The van der Waals surface area contributed by atoms with E-state index in [4.69, 9.17) is 32.7 Å². The summed E-state index contributed by atoms with van der Waals surface area (Å²) < 4.78 is 38.7. The van der Waals surface area contributed by atoms with E-state index in [0.717, 1.165) is 0 Å². The van der Waals surface area contributed by atoms with E-state index in [1.165, 1.54) is 36.4 Å². The molecule has 1 aliphatic heterocycles. The first-order valence-corrected chi connectivity index (χ1v) is 11.9. The lowest BCUT2D eigenvalue weighted by molar-refractivity contribution is -0.112. The lowest BCUT2D eigenvalue weighted by Crippen LogP contribution is -2.16. The zero-order valence-electron chi connectivity index (χ0n) is 17.2. The molecule has 0 radical (unpaired) electrons. The van der Waals surface area contributed by atoms with Crippen LogP contribution in [0, 0.1) is 11.3 Å². The Balaban J connectivity index is 1.57. The van der Waals surface area contributed by atoms with Gasteiger partial charge in [0.1, 0.15) is 16.5 Å². The molecular formula is C23H15Cl2N3O5S. The molecule has 0 atom stereocenters. The second-order valence-corrected chi connectivity index (χ2v) is 9.43. The Bertz CT molecular complexity index is 1470. The maximum absolute atomic E-state index is 12.9. The van der Waals surface area contributed by atoms with Crippen LogP contribution in [0.5, 0.6) is 11.5 Å². The number of rotatable bonds is 6. The van der Waals surface area contributed by atoms with Gasteiger partial charge in [0.15, 0.2) is 11.5 Å². The number of ether oxygens (including phenoxy) is 2. The Morgan fingerprint density at radius 2 is 1.76 bits per heavy atom. The minimum atomic E-state index is -4.13. The first-order chi connectivity index (χ1) is 16.3. The third-order valence-electron chi connectivity index (χ3n) is 4.67. The van der Waals surface area contributed by atoms with Gasteiger partial charge in [-0.1, -0.05) is 41.4 Å². The number of nitriles is 1. The number of benzene rings is 3. The number of nitrogens with one attached hydrogen (secondary N) is 2. The van der Waals surface area contributed by atoms with Crippen LogP contribution in [0.15, 0.2) is 71.1 Å². The normalized spacial score (nSPS) is 12.7. The number of carbonyl (C=O) groups excluding carboxylic acids is 1. The summed E-state index contributed by atoms with van der Waals surface area (Å²) in [6, 6.07) is 17.1. The molecule has 172 valence electrons. The molecule has 34 heavy (non-hydrogen) atoms. The fourth-order valence-electron chi connectivity index (χ4n) is 3.05. The zero-order valence-corrected chi connectivity index (χ0v) is 19.5. The third-order valence-corrected chi connectivity index (χ3v) is 6.85. The fourth-order valence-corrected chi connectivity index (χ4v) is 4.89. The number of carbonyl (C=O) groups is 1. The largest absolute Gasteiger partial charge is 0.454 e. The van der Waals surface area contributed by atoms with E-state index in [0.29, 0.717) is 17.1 Å². The maximum Gasteiger partial charge on any atom is 0.266 e. The van der Waals surface area contributed by atoms with Crippen LogP contribution in [0.25, 0.3) is 6.08 Å². The van der Waals surface area contributed by atoms with Gasteiger partial charge in [0, 0.05) is 5.69 Å². The van der Waals surface area contributed by atoms with Gasteiger partial charge in [-0.15, -0.1) is 0 Å². The summed E-state index contributed by atoms with van der Waals surface area (Å²) in [5.41, 5.74) is 0.653. The van der Waals surface area contributed by atoms with Gasteiger partial charge >= 0.3 is 0 Å². The van der Waals surface area contributed by atoms with Crippen LogP contribution in [0.2, 0.25) is 10.0 Å². The highest BCUT2D eigenvalue weighted by molar-refractivity contribution is 7.92. The topological polar surface area (TPSA) is 118 Å². The molecule has 0 spiro atoms. The van der Waals surface area contributed by atoms with Crippen molar-refractivity contribution in [2.24, 2.45) is 0 Å². The SMILES string of the molecule is N#C/C(=C\c1ccc2c(c1)OCO2)C(=O)Nc1ccc(Cl)c(S(=O)(=O)Nc2ccccc2Cl)c1. The highest BCUT2D eigenvalue weighted by Gasteiger charge is 2.21. The molecule has 3 aromatic carbocycles. The molecule has 2 N–H and O–H groups in total. The smallest absolute Gasteiger partial charge is 0.266 e. The molecule has 0 fully saturated rings. The zero-order chi connectivity index (χ0) is 24.3. The van der Waals surface area contributed by atoms with Gasteiger partial charge < -0.3 is 14.8 Å². The van der Waals surface area contributed by atoms with E-state index in [-0.39, 0.29) is 38.7 Å². The van der Waals surface area contributed by atoms with E-state index in [2.05, 4.69) is 10.0 Å². The molecule has 4 rings (SSSR count). The van der Waals surface area contributed by atoms with Gasteiger partial charge in [0.2, 0.25) is 6.79 Å². The van der Waals surface area contributed by atoms with Crippen LogP contribution in [0.3, 0.4) is 0 Å². The summed E-state index contributed by atoms with van der Waals surface area (Å²) in [5.74, 6) is 0.343. The molecule has 0 bridgehead atoms. The summed E-state index contributed by atoms with van der Waals surface area (Å²) in [6.45, 7) is 0.0984. The Kier molecular flexibility index (Phi) is 6.65. The molecule has 11 heteroatoms. The fraction of sp³-hybridized carbons (Fsp3) is 0.0435. The van der Waals surface area contributed by atoms with Crippen molar-refractivity contribution in [2.75, 3.05) is 16.8 Å². The van der Waals surface area contributed by atoms with Crippen molar-refractivity contribution < 1.29 is 22.7 Å². The molecule has 0 saturated heterocycles. The van der Waals surface area contributed by atoms with E-state index in [1.807, 2.05) is 6.07 Å². The second-order valence-electron chi connectivity index (χ2n) is 6.97. The molecular weight excluding hydrogens is 501 g/mol. The standard InChI is InChI=1S/C23H15Cl2N3O5S/c24-17-3-1-2-4-19(17)28-34(30,31)22-11-16(6-7-18(22)25)27-23(29)15(12-26)9-14-5-8-20-21(10-14)33-13-32-20/h1-11,28H,13H2,(H,27,29)/b15-9+. The van der Waals surface area contributed by atoms with Crippen LogP contribution < -0.4 is 19.5 Å². The van der Waals surface area contributed by atoms with Gasteiger partial charge in [-0.3, -0.25) is 9.52 Å². The van der Waals surface area contributed by atoms with Crippen molar-refractivity contribution in [3.63, 3.8) is 0 Å². The molecule has 0 unspecified atom stereocenters. The summed E-state index contributed by atoms with van der Waals surface area (Å²) in [7, 11) is -4.13. The third kappa shape index (κ3) is 5.10. The van der Waals surface area contributed by atoms with Gasteiger partial charge in [0.05, 0.1) is 15.7 Å². The van der Waals surface area contributed by atoms with Crippen molar-refractivity contribution >= 4 is 56.6 Å². The van der Waals surface area contributed by atoms with Gasteiger partial charge in [0.25, 0.3) is 15.9 Å². The lowest BCUT2D eigenvalue weighted by Gasteiger charge is -2.12. The number of nitrogens with zero attached hydrogens (tertiary/aromatic N) is 1. The van der Waals surface area contributed by atoms with Crippen molar-refractivity contribution in [3.8, 4) is 17.6 Å². The van der Waals surface area contributed by atoms with Crippen LogP contribution in [-0.2, 0) is 14.8 Å². The first kappa shape index (κ1) is 23.4. The number of sulfonamides is 1. The van der Waals surface area contributed by atoms with E-state index in [1.54, 1.807) is 30.3 Å². The molecule has 0 aliphatic carbocycles. The van der Waals surface area contributed by atoms with E-state index < -0.39 is 15.9 Å². The van der Waals surface area contributed by atoms with E-state index >= 15 is 0 Å². The minimum absolute atomic E-state index is 0.0611. The number of amides is 1. The molecule has 0 aromatic heterocycles. The summed E-state index contributed by atoms with van der Waals surface area (Å²) in [6.07, 6.45) is 1.38. The molecule has 1 amide bonds. The van der Waals surface area contributed by atoms with E-state index in [9.17, 15) is 18.5 Å². The molecule has 0 saturated carbocycles. The quantitative estimate of drug-likeness (QED) is 0.349. The summed E-state index contributed by atoms with van der Waals surface area (Å²) >= 11 is 12.2. The monoisotopic (exact) mass is 515 g/mol. The Labute approximate surface area is 205 Å². The molecule has 1 heterocycles. The van der Waals surface area contributed by atoms with Crippen LogP contribution in [-0.4, -0.2) is 21.1 Å². The minimum Gasteiger partial charge on any atom is -0.454 e. The van der Waals surface area contributed by atoms with Crippen LogP contribution in [0.1, 0.15) is 5.56 Å². The number of fused-ring (bicyclic) bond motifs is 1. The van der Waals surface area contributed by atoms with Gasteiger partial charge in [-0.2, -0.15) is 5.26 Å². The number of para-hydroxylation sites is 1. The highest BCUT2D eigenvalue weighted by Crippen LogP contribution is 2.33. The maximum atomic E-state index is 12.9. The van der Waals surface area contributed by atoms with Crippen molar-refractivity contribution in [3.05, 3.63) is 81.8 Å². The highest BCUT2D eigenvalue weighted by atomic mass is 35.5. The van der Waals surface area contributed by atoms with Crippen molar-refractivity contribution in [1.29, 1.82) is 5.26 Å². The molecule has 1 aliphatic rings. The lowest BCUT2D eigenvalue weighted by atomic mass is 10.1. The predicted molar refractivity (Wildman–Crippen MR) is 128 cm³/mol. The van der Waals surface area contributed by atoms with Crippen molar-refractivity contribution in [1.82, 2.24) is 0 Å². The van der Waals surface area contributed by atoms with Gasteiger partial charge in [-0.05, 0) is 54.1 Å². The Hall–Kier alpha value is -3.71. The Morgan fingerprint density at radius 3 is 2.53 bits per heavy atom. The van der Waals surface area contributed by atoms with Crippen molar-refractivity contribution in [2.45, 2.75) is 4.90 Å². The predicted octanol–water partition coefficient (Wildman–Crippen LogP) is 5.07. The number of hydrogen-bond acceptors (Lipinski definition) is 6. The summed E-state index contributed by atoms with van der Waals surface area (Å²) in [5, 5.41) is 12.1. The number of hydrogen-bond donors (Lipinski definition) is 2. The Morgan fingerprint density at radius 1 is 1.00 bits per heavy atom. The number of anilines is 2. The molecule has 3 aromatic rings. The first-order valence-electron chi connectivity index (χ1n) is 9.66.